The zero-order valence-corrected chi connectivity index (χ0v) is 17.1. The molecule has 0 aliphatic heterocycles. The van der Waals surface area contributed by atoms with Gasteiger partial charge in [-0.25, -0.2) is 0 Å². The van der Waals surface area contributed by atoms with Crippen LogP contribution < -0.4 is 34.7 Å². The van der Waals surface area contributed by atoms with Crippen LogP contribution in [0.1, 0.15) is 79.0 Å². The van der Waals surface area contributed by atoms with E-state index in [4.69, 9.17) is 0 Å². The van der Waals surface area contributed by atoms with Gasteiger partial charge in [0.05, 0.1) is 0 Å². The zero-order valence-electron chi connectivity index (χ0n) is 15.1. The molecule has 0 N–H and O–H groups in total. The third kappa shape index (κ3) is 4.51. The molecule has 0 spiro atoms. The summed E-state index contributed by atoms with van der Waals surface area (Å²) in [5.74, 6) is 0.216. The van der Waals surface area contributed by atoms with Crippen molar-refractivity contribution in [3.05, 3.63) is 28.8 Å². The van der Waals surface area contributed by atoms with E-state index < -0.39 is 0 Å². The van der Waals surface area contributed by atoms with Gasteiger partial charge in [-0.1, -0.05) is 74.4 Å². The molecule has 0 fully saturated rings. The number of hydrogen-bond donors (Lipinski definition) is 0. The van der Waals surface area contributed by atoms with E-state index in [1.54, 1.807) is 0 Å². The first kappa shape index (κ1) is 20.0. The van der Waals surface area contributed by atoms with Crippen molar-refractivity contribution in [3.63, 3.8) is 0 Å². The van der Waals surface area contributed by atoms with Gasteiger partial charge in [0.15, 0.2) is 0 Å². The van der Waals surface area contributed by atoms with Crippen molar-refractivity contribution in [1.82, 2.24) is 0 Å². The molecule has 1 aromatic rings. The van der Waals surface area contributed by atoms with Crippen molar-refractivity contribution in [2.24, 2.45) is 0 Å². The van der Waals surface area contributed by atoms with Crippen molar-refractivity contribution in [3.8, 4) is 5.75 Å². The van der Waals surface area contributed by atoms with Gasteiger partial charge < -0.3 is 5.11 Å². The van der Waals surface area contributed by atoms with Crippen molar-refractivity contribution in [2.75, 3.05) is 0 Å². The van der Waals surface area contributed by atoms with E-state index in [0.717, 1.165) is 11.1 Å². The van der Waals surface area contributed by atoms with Gasteiger partial charge in [0, 0.05) is 0 Å². The smallest absolute Gasteiger partial charge is 0.872 e. The van der Waals surface area contributed by atoms with Crippen LogP contribution in [0.3, 0.4) is 0 Å². The van der Waals surface area contributed by atoms with Crippen molar-refractivity contribution in [2.45, 2.75) is 78.6 Å². The topological polar surface area (TPSA) is 23.1 Å². The Labute approximate surface area is 147 Å². The fourth-order valence-corrected chi connectivity index (χ4v) is 2.18. The molecular formula is C18H29NaO. The molecule has 1 nitrogen and oxygen atoms in total. The fourth-order valence-electron chi connectivity index (χ4n) is 2.18. The molecule has 0 aliphatic carbocycles. The fraction of sp³-hybridized carbons (Fsp3) is 0.667. The number of hydrogen-bond acceptors (Lipinski definition) is 1. The van der Waals surface area contributed by atoms with E-state index >= 15 is 0 Å². The van der Waals surface area contributed by atoms with Crippen LogP contribution in [0.2, 0.25) is 0 Å². The molecule has 2 heteroatoms. The minimum Gasteiger partial charge on any atom is -0.872 e. The third-order valence-corrected chi connectivity index (χ3v) is 3.57. The quantitative estimate of drug-likeness (QED) is 0.665. The molecular weight excluding hydrogens is 255 g/mol. The molecule has 0 unspecified atom stereocenters. The summed E-state index contributed by atoms with van der Waals surface area (Å²) in [6, 6.07) is 4.22. The van der Waals surface area contributed by atoms with E-state index in [9.17, 15) is 5.11 Å². The molecule has 0 bridgehead atoms. The van der Waals surface area contributed by atoms with Gasteiger partial charge in [-0.3, -0.25) is 0 Å². The molecule has 0 radical (unpaired) electrons. The van der Waals surface area contributed by atoms with E-state index in [2.05, 4.69) is 74.4 Å². The van der Waals surface area contributed by atoms with Crippen LogP contribution in [0.4, 0.5) is 0 Å². The third-order valence-electron chi connectivity index (χ3n) is 3.57. The van der Waals surface area contributed by atoms with Gasteiger partial charge in [-0.2, -0.15) is 0 Å². The Hall–Kier alpha value is 0.0200. The van der Waals surface area contributed by atoms with E-state index in [1.165, 1.54) is 5.56 Å². The summed E-state index contributed by atoms with van der Waals surface area (Å²) >= 11 is 0. The molecule has 0 atom stereocenters. The molecule has 1 rings (SSSR count). The summed E-state index contributed by atoms with van der Waals surface area (Å²) in [5, 5.41) is 12.7. The van der Waals surface area contributed by atoms with Gasteiger partial charge in [0.1, 0.15) is 0 Å². The zero-order chi connectivity index (χ0) is 15.2. The van der Waals surface area contributed by atoms with Gasteiger partial charge in [-0.05, 0) is 32.9 Å². The maximum Gasteiger partial charge on any atom is 1.00 e. The first-order valence-electron chi connectivity index (χ1n) is 7.11. The minimum atomic E-state index is -0.113. The molecule has 0 aliphatic rings. The Kier molecular flexibility index (Phi) is 6.03. The molecule has 1 aromatic carbocycles. The van der Waals surface area contributed by atoms with Crippen LogP contribution in [0.25, 0.3) is 0 Å². The van der Waals surface area contributed by atoms with E-state index in [1.807, 2.05) is 0 Å². The molecule has 20 heavy (non-hydrogen) atoms. The molecule has 0 heterocycles. The van der Waals surface area contributed by atoms with Crippen LogP contribution in [-0.4, -0.2) is 0 Å². The van der Waals surface area contributed by atoms with Crippen LogP contribution >= 0.6 is 0 Å². The number of benzene rings is 1. The average molecular weight is 284 g/mol. The molecule has 0 amide bonds. The van der Waals surface area contributed by atoms with Crippen molar-refractivity contribution < 1.29 is 34.7 Å². The van der Waals surface area contributed by atoms with Gasteiger partial charge >= 0.3 is 29.6 Å². The summed E-state index contributed by atoms with van der Waals surface area (Å²) in [7, 11) is 0. The average Bonchev–Trinajstić information content (AvgIpc) is 2.11. The number of rotatable bonds is 0. The molecule has 0 saturated heterocycles. The van der Waals surface area contributed by atoms with E-state index in [-0.39, 0.29) is 51.6 Å². The van der Waals surface area contributed by atoms with Crippen LogP contribution in [0.5, 0.6) is 5.75 Å². The van der Waals surface area contributed by atoms with Crippen LogP contribution in [0.15, 0.2) is 12.1 Å². The Balaban J connectivity index is 0.00000361. The Morgan fingerprint density at radius 3 is 1.15 bits per heavy atom. The summed E-state index contributed by atoms with van der Waals surface area (Å²) in [5.41, 5.74) is 2.96. The van der Waals surface area contributed by atoms with E-state index in [0.29, 0.717) is 0 Å². The minimum absolute atomic E-state index is 0. The second kappa shape index (κ2) is 6.02. The Morgan fingerprint density at radius 1 is 0.650 bits per heavy atom. The first-order chi connectivity index (χ1) is 8.24. The maximum absolute atomic E-state index is 12.7. The molecule has 0 saturated carbocycles. The Bertz CT molecular complexity index is 433. The maximum atomic E-state index is 12.7. The standard InChI is InChI=1S/C18H30O.Na/c1-16(2,3)12-10-13(17(4,5)6)15(19)14(11-12)18(7,8)9;/h10-11,19H,1-9H3;/q;+1/p-1. The predicted molar refractivity (Wildman–Crippen MR) is 82.0 cm³/mol. The van der Waals surface area contributed by atoms with Gasteiger partial charge in [0.25, 0.3) is 0 Å². The molecule has 108 valence electrons. The predicted octanol–water partition coefficient (Wildman–Crippen LogP) is 1.66. The Morgan fingerprint density at radius 2 is 0.950 bits per heavy atom. The monoisotopic (exact) mass is 284 g/mol. The summed E-state index contributed by atoms with van der Waals surface area (Å²) < 4.78 is 0. The van der Waals surface area contributed by atoms with Crippen molar-refractivity contribution in [1.29, 1.82) is 0 Å². The summed E-state index contributed by atoms with van der Waals surface area (Å²) in [6.45, 7) is 19.3. The summed E-state index contributed by atoms with van der Waals surface area (Å²) in [6.07, 6.45) is 0. The van der Waals surface area contributed by atoms with Crippen LogP contribution in [0, 0.1) is 0 Å². The van der Waals surface area contributed by atoms with Gasteiger partial charge in [0.2, 0.25) is 0 Å². The van der Waals surface area contributed by atoms with Crippen LogP contribution in [-0.2, 0) is 16.2 Å². The van der Waals surface area contributed by atoms with Gasteiger partial charge in [-0.15, -0.1) is 5.75 Å². The molecule has 0 aromatic heterocycles. The first-order valence-corrected chi connectivity index (χ1v) is 7.11. The normalized spacial score (nSPS) is 13.1. The second-order valence-electron chi connectivity index (χ2n) is 8.65. The largest absolute Gasteiger partial charge is 1.00 e. The SMILES string of the molecule is CC(C)(C)c1cc(C(C)(C)C)c([O-])c(C(C)(C)C)c1.[Na+]. The second-order valence-corrected chi connectivity index (χ2v) is 8.65. The van der Waals surface area contributed by atoms with Crippen molar-refractivity contribution >= 4 is 0 Å². The summed E-state index contributed by atoms with van der Waals surface area (Å²) in [4.78, 5) is 0.